The molecule has 10 nitrogen and oxygen atoms in total. The highest BCUT2D eigenvalue weighted by Gasteiger charge is 2.40. The Morgan fingerprint density at radius 2 is 1.80 bits per heavy atom. The van der Waals surface area contributed by atoms with Crippen LogP contribution in [0.2, 0.25) is 0 Å². The largest absolute Gasteiger partial charge is 0.444 e. The van der Waals surface area contributed by atoms with E-state index in [-0.39, 0.29) is 18.4 Å². The summed E-state index contributed by atoms with van der Waals surface area (Å²) in [5, 5.41) is 8.15. The summed E-state index contributed by atoms with van der Waals surface area (Å²) >= 11 is 3.45. The van der Waals surface area contributed by atoms with E-state index in [1.165, 1.54) is 10.6 Å². The highest BCUT2D eigenvalue weighted by atomic mass is 79.9. The van der Waals surface area contributed by atoms with Gasteiger partial charge in [-0.15, -0.1) is 0 Å². The molecule has 1 saturated heterocycles. The van der Waals surface area contributed by atoms with E-state index in [2.05, 4.69) is 21.2 Å². The Hall–Kier alpha value is -3.12. The van der Waals surface area contributed by atoms with Crippen LogP contribution in [-0.2, 0) is 14.8 Å². The molecule has 2 amide bonds. The van der Waals surface area contributed by atoms with Gasteiger partial charge in [0.05, 0.1) is 29.2 Å². The Labute approximate surface area is 242 Å². The Kier molecular flexibility index (Phi) is 7.37. The fourth-order valence-electron chi connectivity index (χ4n) is 5.23. The number of likely N-dealkylation sites (tertiary alicyclic amines) is 1. The van der Waals surface area contributed by atoms with Crippen LogP contribution in [0.4, 0.5) is 10.5 Å². The summed E-state index contributed by atoms with van der Waals surface area (Å²) in [5.74, 6) is -0.107. The number of halogens is 1. The lowest BCUT2D eigenvalue weighted by Crippen LogP contribution is -2.43. The van der Waals surface area contributed by atoms with Gasteiger partial charge >= 0.3 is 6.09 Å². The molecule has 1 N–H and O–H groups in total. The van der Waals surface area contributed by atoms with Crippen molar-refractivity contribution in [2.24, 2.45) is 0 Å². The lowest BCUT2D eigenvalue weighted by atomic mass is 10.0. The second kappa shape index (κ2) is 10.4. The van der Waals surface area contributed by atoms with Gasteiger partial charge in [-0.25, -0.2) is 17.9 Å². The molecule has 1 aliphatic heterocycles. The van der Waals surface area contributed by atoms with E-state index in [1.807, 2.05) is 30.3 Å². The van der Waals surface area contributed by atoms with Crippen LogP contribution >= 0.6 is 15.9 Å². The SMILES string of the molecule is CNC(=O)c1c2cc(C3CC3)c(N(C3CCN(C(=O)OC(C)(C)C)C3)S(C)(=O)=O)cc2nn1-c1ccc(Br)cc1. The summed E-state index contributed by atoms with van der Waals surface area (Å²) in [4.78, 5) is 27.4. The summed E-state index contributed by atoms with van der Waals surface area (Å²) < 4.78 is 36.1. The Bertz CT molecular complexity index is 1580. The number of hydrogen-bond donors (Lipinski definition) is 1. The summed E-state index contributed by atoms with van der Waals surface area (Å²) in [6.45, 7) is 6.03. The van der Waals surface area contributed by atoms with Gasteiger partial charge in [0.2, 0.25) is 10.0 Å². The van der Waals surface area contributed by atoms with Crippen molar-refractivity contribution in [2.45, 2.75) is 57.6 Å². The molecule has 1 aromatic heterocycles. The standard InChI is InChI=1S/C28H34BrN5O5S/c1-28(2,3)39-27(36)32-13-12-20(16-32)34(40(5,37)38)24-15-23-22(14-21(24)17-6-7-17)25(26(35)30-4)33(31-23)19-10-8-18(29)9-11-19/h8-11,14-15,17,20H,6-7,12-13,16H2,1-5H3,(H,30,35). The number of benzene rings is 2. The second-order valence-corrected chi connectivity index (χ2v) is 14.2. The number of hydrogen-bond acceptors (Lipinski definition) is 6. The van der Waals surface area contributed by atoms with Gasteiger partial charge in [0, 0.05) is 30.0 Å². The molecule has 2 aromatic carbocycles. The third kappa shape index (κ3) is 5.69. The zero-order valence-corrected chi connectivity index (χ0v) is 25.7. The molecule has 5 rings (SSSR count). The first-order valence-corrected chi connectivity index (χ1v) is 15.9. The lowest BCUT2D eigenvalue weighted by molar-refractivity contribution is 0.0293. The number of ether oxygens (including phenoxy) is 1. The number of carbonyl (C=O) groups excluding carboxylic acids is 2. The third-order valence-electron chi connectivity index (χ3n) is 7.09. The minimum absolute atomic E-state index is 0.181. The van der Waals surface area contributed by atoms with Crippen molar-refractivity contribution < 1.29 is 22.7 Å². The van der Waals surface area contributed by atoms with Crippen LogP contribution in [0, 0.1) is 0 Å². The number of aromatic nitrogens is 2. The van der Waals surface area contributed by atoms with Crippen LogP contribution in [-0.4, -0.2) is 73.1 Å². The van der Waals surface area contributed by atoms with Crippen molar-refractivity contribution in [1.29, 1.82) is 0 Å². The molecule has 12 heteroatoms. The van der Waals surface area contributed by atoms with Gasteiger partial charge in [0.25, 0.3) is 5.91 Å². The Morgan fingerprint density at radius 3 is 2.38 bits per heavy atom. The number of amides is 2. The Morgan fingerprint density at radius 1 is 1.12 bits per heavy atom. The van der Waals surface area contributed by atoms with E-state index < -0.39 is 27.8 Å². The normalized spacial score (nSPS) is 17.8. The molecule has 2 heterocycles. The van der Waals surface area contributed by atoms with Crippen LogP contribution in [0.3, 0.4) is 0 Å². The molecule has 2 aliphatic rings. The van der Waals surface area contributed by atoms with Crippen LogP contribution < -0.4 is 9.62 Å². The maximum atomic E-state index is 13.3. The van der Waals surface area contributed by atoms with Crippen LogP contribution in [0.25, 0.3) is 16.6 Å². The molecular weight excluding hydrogens is 598 g/mol. The first-order valence-electron chi connectivity index (χ1n) is 13.3. The van der Waals surface area contributed by atoms with Gasteiger partial charge in [-0.2, -0.15) is 5.10 Å². The predicted molar refractivity (Wildman–Crippen MR) is 158 cm³/mol. The van der Waals surface area contributed by atoms with Crippen LogP contribution in [0.5, 0.6) is 0 Å². The molecule has 214 valence electrons. The minimum Gasteiger partial charge on any atom is -0.444 e. The van der Waals surface area contributed by atoms with Gasteiger partial charge in [0.15, 0.2) is 0 Å². The van der Waals surface area contributed by atoms with Crippen LogP contribution in [0.15, 0.2) is 40.9 Å². The molecule has 1 saturated carbocycles. The average molecular weight is 633 g/mol. The molecule has 2 fully saturated rings. The van der Waals surface area contributed by atoms with Crippen molar-refractivity contribution in [2.75, 3.05) is 30.7 Å². The molecule has 3 aromatic rings. The topological polar surface area (TPSA) is 114 Å². The second-order valence-electron chi connectivity index (χ2n) is 11.4. The smallest absolute Gasteiger partial charge is 0.410 e. The molecular formula is C28H34BrN5O5S. The van der Waals surface area contributed by atoms with Crippen LogP contribution in [0.1, 0.15) is 62.0 Å². The van der Waals surface area contributed by atoms with E-state index in [9.17, 15) is 18.0 Å². The molecule has 40 heavy (non-hydrogen) atoms. The molecule has 1 unspecified atom stereocenters. The fraction of sp³-hybridized carbons (Fsp3) is 0.464. The number of sulfonamides is 1. The zero-order valence-electron chi connectivity index (χ0n) is 23.3. The molecule has 0 radical (unpaired) electrons. The van der Waals surface area contributed by atoms with E-state index in [0.29, 0.717) is 40.9 Å². The summed E-state index contributed by atoms with van der Waals surface area (Å²) in [5.41, 5.74) is 2.38. The Balaban J connectivity index is 1.62. The van der Waals surface area contributed by atoms with Crippen molar-refractivity contribution >= 4 is 54.5 Å². The van der Waals surface area contributed by atoms with Crippen molar-refractivity contribution in [1.82, 2.24) is 20.0 Å². The van der Waals surface area contributed by atoms with Gasteiger partial charge in [-0.3, -0.25) is 9.10 Å². The van der Waals surface area contributed by atoms with Crippen molar-refractivity contribution in [3.05, 3.63) is 52.1 Å². The molecule has 1 atom stereocenters. The number of rotatable bonds is 6. The summed E-state index contributed by atoms with van der Waals surface area (Å²) in [6.07, 6.45) is 3.08. The van der Waals surface area contributed by atoms with Gasteiger partial charge in [-0.1, -0.05) is 15.9 Å². The van der Waals surface area contributed by atoms with E-state index in [1.54, 1.807) is 43.5 Å². The first-order chi connectivity index (χ1) is 18.8. The average Bonchev–Trinajstić information content (AvgIpc) is 3.47. The van der Waals surface area contributed by atoms with E-state index in [4.69, 9.17) is 9.84 Å². The number of nitrogens with zero attached hydrogens (tertiary/aromatic N) is 4. The number of nitrogens with one attached hydrogen (secondary N) is 1. The highest BCUT2D eigenvalue weighted by Crippen LogP contribution is 2.47. The predicted octanol–water partition coefficient (Wildman–Crippen LogP) is 4.80. The van der Waals surface area contributed by atoms with Gasteiger partial charge < -0.3 is 15.0 Å². The maximum absolute atomic E-state index is 13.3. The van der Waals surface area contributed by atoms with Gasteiger partial charge in [-0.05, 0) is 87.9 Å². The lowest BCUT2D eigenvalue weighted by Gasteiger charge is -2.31. The van der Waals surface area contributed by atoms with Crippen molar-refractivity contribution in [3.63, 3.8) is 0 Å². The molecule has 0 bridgehead atoms. The first kappa shape index (κ1) is 28.4. The molecule has 0 spiro atoms. The number of carbonyl (C=O) groups is 2. The quantitative estimate of drug-likeness (QED) is 0.418. The summed E-state index contributed by atoms with van der Waals surface area (Å²) in [7, 11) is -2.15. The third-order valence-corrected chi connectivity index (χ3v) is 8.83. The zero-order chi connectivity index (χ0) is 29.0. The van der Waals surface area contributed by atoms with Crippen molar-refractivity contribution in [3.8, 4) is 5.69 Å². The summed E-state index contributed by atoms with van der Waals surface area (Å²) in [6, 6.07) is 10.7. The number of fused-ring (bicyclic) bond motifs is 1. The monoisotopic (exact) mass is 631 g/mol. The molecule has 1 aliphatic carbocycles. The van der Waals surface area contributed by atoms with Gasteiger partial charge in [0.1, 0.15) is 11.3 Å². The highest BCUT2D eigenvalue weighted by molar-refractivity contribution is 9.10. The minimum atomic E-state index is -3.73. The number of anilines is 1. The fourth-order valence-corrected chi connectivity index (χ4v) is 6.72. The maximum Gasteiger partial charge on any atom is 0.410 e. The van der Waals surface area contributed by atoms with E-state index in [0.717, 1.165) is 22.9 Å². The van der Waals surface area contributed by atoms with E-state index >= 15 is 0 Å².